The van der Waals surface area contributed by atoms with Crippen LogP contribution in [0.3, 0.4) is 0 Å². The van der Waals surface area contributed by atoms with E-state index in [0.29, 0.717) is 5.69 Å². The molecule has 17 heavy (non-hydrogen) atoms. The molecule has 0 N–H and O–H groups in total. The molecule has 0 radical (unpaired) electrons. The molecule has 0 saturated carbocycles. The molecular weight excluding hydrogens is 254 g/mol. The first kappa shape index (κ1) is 12.5. The summed E-state index contributed by atoms with van der Waals surface area (Å²) in [6, 6.07) is 3.69. The van der Waals surface area contributed by atoms with Gasteiger partial charge in [0.15, 0.2) is 0 Å². The summed E-state index contributed by atoms with van der Waals surface area (Å²) in [7, 11) is 0. The van der Waals surface area contributed by atoms with Crippen LogP contribution >= 0.6 is 11.8 Å². The fourth-order valence-electron chi connectivity index (χ4n) is 1.90. The molecule has 1 saturated heterocycles. The number of alkyl halides is 3. The van der Waals surface area contributed by atoms with Gasteiger partial charge in [-0.15, -0.1) is 0 Å². The Morgan fingerprint density at radius 2 is 1.76 bits per heavy atom. The van der Waals surface area contributed by atoms with E-state index in [0.717, 1.165) is 32.0 Å². The maximum absolute atomic E-state index is 13.7. The van der Waals surface area contributed by atoms with Gasteiger partial charge in [0.2, 0.25) is 0 Å². The number of thioether (sulfide) groups is 1. The molecule has 1 aromatic carbocycles. The number of halogens is 4. The molecule has 1 aliphatic heterocycles. The number of nitrogens with zero attached hydrogens (tertiary/aromatic N) is 1. The van der Waals surface area contributed by atoms with Crippen molar-refractivity contribution < 1.29 is 17.6 Å². The number of hydrogen-bond donors (Lipinski definition) is 0. The number of hydrogen-bond acceptors (Lipinski definition) is 2. The normalized spacial score (nSPS) is 16.6. The van der Waals surface area contributed by atoms with Crippen LogP contribution in [0.1, 0.15) is 12.8 Å². The second-order valence-corrected chi connectivity index (χ2v) is 4.99. The summed E-state index contributed by atoms with van der Waals surface area (Å²) < 4.78 is 50.0. The van der Waals surface area contributed by atoms with Gasteiger partial charge in [0.05, 0.1) is 5.69 Å². The Bertz CT molecular complexity index is 399. The van der Waals surface area contributed by atoms with Crippen molar-refractivity contribution in [1.82, 2.24) is 0 Å². The molecule has 0 atom stereocenters. The van der Waals surface area contributed by atoms with Gasteiger partial charge in [0.1, 0.15) is 5.82 Å². The largest absolute Gasteiger partial charge is 0.446 e. The molecule has 0 unspecified atom stereocenters. The third-order valence-electron chi connectivity index (χ3n) is 2.60. The van der Waals surface area contributed by atoms with Gasteiger partial charge in [-0.25, -0.2) is 4.39 Å². The summed E-state index contributed by atoms with van der Waals surface area (Å²) in [5, 5.41) is 0. The highest BCUT2D eigenvalue weighted by atomic mass is 32.2. The van der Waals surface area contributed by atoms with Crippen molar-refractivity contribution in [3.05, 3.63) is 24.0 Å². The average molecular weight is 265 g/mol. The molecule has 0 spiro atoms. The molecule has 0 aromatic heterocycles. The molecule has 6 heteroatoms. The molecule has 1 heterocycles. The van der Waals surface area contributed by atoms with Crippen molar-refractivity contribution in [3.63, 3.8) is 0 Å². The lowest BCUT2D eigenvalue weighted by Crippen LogP contribution is -2.18. The van der Waals surface area contributed by atoms with Gasteiger partial charge >= 0.3 is 5.51 Å². The number of rotatable bonds is 2. The molecule has 0 amide bonds. The van der Waals surface area contributed by atoms with Crippen LogP contribution in [0.4, 0.5) is 23.2 Å². The van der Waals surface area contributed by atoms with Gasteiger partial charge in [0, 0.05) is 18.0 Å². The van der Waals surface area contributed by atoms with Crippen LogP contribution in [0.5, 0.6) is 0 Å². The van der Waals surface area contributed by atoms with E-state index in [1.807, 2.05) is 4.90 Å². The van der Waals surface area contributed by atoms with Gasteiger partial charge in [-0.3, -0.25) is 0 Å². The molecule has 2 rings (SSSR count). The Balaban J connectivity index is 2.16. The third kappa shape index (κ3) is 3.28. The van der Waals surface area contributed by atoms with Crippen LogP contribution in [0.2, 0.25) is 0 Å². The lowest BCUT2D eigenvalue weighted by atomic mass is 10.3. The van der Waals surface area contributed by atoms with Crippen molar-refractivity contribution in [2.24, 2.45) is 0 Å². The number of benzene rings is 1. The Labute approximate surface area is 101 Å². The minimum atomic E-state index is -4.37. The highest BCUT2D eigenvalue weighted by molar-refractivity contribution is 8.00. The Kier molecular flexibility index (Phi) is 3.51. The van der Waals surface area contributed by atoms with Crippen molar-refractivity contribution in [1.29, 1.82) is 0 Å². The monoisotopic (exact) mass is 265 g/mol. The molecule has 1 nitrogen and oxygen atoms in total. The first-order chi connectivity index (χ1) is 7.96. The molecular formula is C11H11F4NS. The van der Waals surface area contributed by atoms with E-state index in [2.05, 4.69) is 0 Å². The lowest BCUT2D eigenvalue weighted by Gasteiger charge is -2.18. The average Bonchev–Trinajstić information content (AvgIpc) is 2.68. The van der Waals surface area contributed by atoms with Crippen LogP contribution < -0.4 is 4.90 Å². The van der Waals surface area contributed by atoms with Crippen LogP contribution in [-0.4, -0.2) is 18.6 Å². The number of anilines is 1. The van der Waals surface area contributed by atoms with Gasteiger partial charge in [-0.2, -0.15) is 13.2 Å². The quantitative estimate of drug-likeness (QED) is 0.586. The van der Waals surface area contributed by atoms with Crippen LogP contribution in [-0.2, 0) is 0 Å². The Morgan fingerprint density at radius 1 is 1.12 bits per heavy atom. The molecule has 1 aliphatic rings. The van der Waals surface area contributed by atoms with Crippen molar-refractivity contribution in [2.45, 2.75) is 23.2 Å². The Hall–Kier alpha value is -0.910. The minimum Gasteiger partial charge on any atom is -0.369 e. The van der Waals surface area contributed by atoms with E-state index in [1.165, 1.54) is 12.1 Å². The van der Waals surface area contributed by atoms with Crippen molar-refractivity contribution in [2.75, 3.05) is 18.0 Å². The third-order valence-corrected chi connectivity index (χ3v) is 3.32. The maximum atomic E-state index is 13.7. The van der Waals surface area contributed by atoms with E-state index in [4.69, 9.17) is 0 Å². The van der Waals surface area contributed by atoms with Gasteiger partial charge in [0.25, 0.3) is 0 Å². The fourth-order valence-corrected chi connectivity index (χ4v) is 2.46. The first-order valence-electron chi connectivity index (χ1n) is 5.26. The highest BCUT2D eigenvalue weighted by Crippen LogP contribution is 2.38. The summed E-state index contributed by atoms with van der Waals surface area (Å²) >= 11 is -0.292. The van der Waals surface area contributed by atoms with Gasteiger partial charge in [-0.1, -0.05) is 0 Å². The zero-order valence-electron chi connectivity index (χ0n) is 8.93. The molecule has 1 fully saturated rings. The molecule has 1 aromatic rings. The lowest BCUT2D eigenvalue weighted by molar-refractivity contribution is -0.0328. The fraction of sp³-hybridized carbons (Fsp3) is 0.455. The standard InChI is InChI=1S/C11H11F4NS/c12-9-7-8(17-11(13,14)15)3-4-10(9)16-5-1-2-6-16/h3-4,7H,1-2,5-6H2. The van der Waals surface area contributed by atoms with Crippen LogP contribution in [0.25, 0.3) is 0 Å². The zero-order chi connectivity index (χ0) is 12.5. The molecule has 0 aliphatic carbocycles. The van der Waals surface area contributed by atoms with E-state index in [-0.39, 0.29) is 16.7 Å². The smallest absolute Gasteiger partial charge is 0.369 e. The maximum Gasteiger partial charge on any atom is 0.446 e. The summed E-state index contributed by atoms with van der Waals surface area (Å²) in [5.74, 6) is -0.582. The summed E-state index contributed by atoms with van der Waals surface area (Å²) in [5.41, 5.74) is -3.98. The Morgan fingerprint density at radius 3 is 2.29 bits per heavy atom. The zero-order valence-corrected chi connectivity index (χ0v) is 9.74. The van der Waals surface area contributed by atoms with Gasteiger partial charge in [-0.05, 0) is 42.8 Å². The van der Waals surface area contributed by atoms with E-state index in [1.54, 1.807) is 0 Å². The summed E-state index contributed by atoms with van der Waals surface area (Å²) in [6.45, 7) is 1.53. The minimum absolute atomic E-state index is 0.113. The van der Waals surface area contributed by atoms with E-state index < -0.39 is 11.3 Å². The second-order valence-electron chi connectivity index (χ2n) is 3.86. The molecule has 94 valence electrons. The van der Waals surface area contributed by atoms with Crippen molar-refractivity contribution >= 4 is 17.4 Å². The summed E-state index contributed by atoms with van der Waals surface area (Å²) in [6.07, 6.45) is 2.00. The van der Waals surface area contributed by atoms with E-state index >= 15 is 0 Å². The summed E-state index contributed by atoms with van der Waals surface area (Å²) in [4.78, 5) is 1.75. The van der Waals surface area contributed by atoms with E-state index in [9.17, 15) is 17.6 Å². The molecule has 0 bridgehead atoms. The van der Waals surface area contributed by atoms with Crippen LogP contribution in [0.15, 0.2) is 23.1 Å². The van der Waals surface area contributed by atoms with Crippen LogP contribution in [0, 0.1) is 5.82 Å². The SMILES string of the molecule is Fc1cc(SC(F)(F)F)ccc1N1CCCC1. The second kappa shape index (κ2) is 4.76. The van der Waals surface area contributed by atoms with Crippen molar-refractivity contribution in [3.8, 4) is 0 Å². The highest BCUT2D eigenvalue weighted by Gasteiger charge is 2.29. The predicted molar refractivity (Wildman–Crippen MR) is 59.8 cm³/mol. The predicted octanol–water partition coefficient (Wildman–Crippen LogP) is 4.04. The first-order valence-corrected chi connectivity index (χ1v) is 6.07. The topological polar surface area (TPSA) is 3.24 Å². The van der Waals surface area contributed by atoms with Gasteiger partial charge < -0.3 is 4.90 Å².